The molecule has 0 saturated heterocycles. The summed E-state index contributed by atoms with van der Waals surface area (Å²) in [6.07, 6.45) is 0. The van der Waals surface area contributed by atoms with Gasteiger partial charge in [0.05, 0.1) is 15.5 Å². The van der Waals surface area contributed by atoms with Crippen LogP contribution in [0.5, 0.6) is 11.5 Å². The molecule has 0 saturated carbocycles. The highest BCUT2D eigenvalue weighted by Gasteiger charge is 2.27. The highest BCUT2D eigenvalue weighted by atomic mass is 32.2. The molecule has 11 rings (SSSR count). The summed E-state index contributed by atoms with van der Waals surface area (Å²) in [6, 6.07) is 73.8. The molecule has 57 heavy (non-hydrogen) atoms. The number of ether oxygens (including phenoxy) is 1. The fourth-order valence-electron chi connectivity index (χ4n) is 7.95. The van der Waals surface area contributed by atoms with Crippen LogP contribution in [0.4, 0.5) is 34.1 Å². The van der Waals surface area contributed by atoms with Crippen LogP contribution in [0.25, 0.3) is 42.1 Å². The molecule has 0 fully saturated rings. The summed E-state index contributed by atoms with van der Waals surface area (Å²) in [5.74, 6) is 1.73. The van der Waals surface area contributed by atoms with Gasteiger partial charge in [-0.1, -0.05) is 127 Å². The molecule has 0 radical (unpaired) electrons. The lowest BCUT2D eigenvalue weighted by molar-refractivity contribution is 0.457. The Labute approximate surface area is 339 Å². The Hall–Kier alpha value is -6.79. The molecule has 10 aromatic rings. The van der Waals surface area contributed by atoms with Crippen molar-refractivity contribution in [1.29, 1.82) is 0 Å². The van der Waals surface area contributed by atoms with Crippen LogP contribution in [-0.2, 0) is 0 Å². The van der Waals surface area contributed by atoms with Gasteiger partial charge >= 0.3 is 0 Å². The van der Waals surface area contributed by atoms with Gasteiger partial charge in [-0.25, -0.2) is 0 Å². The highest BCUT2D eigenvalue weighted by molar-refractivity contribution is 7.99. The SMILES string of the molecule is c1ccc(N(c2ccc(-c3cc4c(c(N(c5ccccc5)c5ccccc5)c3)Oc3cc5ccccc5cc3S4)cc2)c2ccc3c(c2)sc2ccccc23)cc1. The van der Waals surface area contributed by atoms with Crippen molar-refractivity contribution in [2.24, 2.45) is 0 Å². The fourth-order valence-corrected chi connectivity index (χ4v) is 10.1. The first-order valence-electron chi connectivity index (χ1n) is 19.1. The maximum atomic E-state index is 6.96. The third-order valence-electron chi connectivity index (χ3n) is 10.6. The van der Waals surface area contributed by atoms with Crippen LogP contribution in [0, 0.1) is 0 Å². The van der Waals surface area contributed by atoms with E-state index in [2.05, 4.69) is 216 Å². The lowest BCUT2D eigenvalue weighted by atomic mass is 10.0. The van der Waals surface area contributed by atoms with Gasteiger partial charge in [0.2, 0.25) is 0 Å². The summed E-state index contributed by atoms with van der Waals surface area (Å²) >= 11 is 3.62. The van der Waals surface area contributed by atoms with Gasteiger partial charge in [-0.15, -0.1) is 11.3 Å². The first-order valence-corrected chi connectivity index (χ1v) is 20.7. The van der Waals surface area contributed by atoms with Crippen LogP contribution in [0.1, 0.15) is 0 Å². The molecule has 0 atom stereocenters. The van der Waals surface area contributed by atoms with Crippen LogP contribution in [-0.4, -0.2) is 0 Å². The maximum absolute atomic E-state index is 6.96. The summed E-state index contributed by atoms with van der Waals surface area (Å²) in [4.78, 5) is 6.85. The fraction of sp³-hybridized carbons (Fsp3) is 0. The molecule has 1 aliphatic heterocycles. The minimum absolute atomic E-state index is 0.850. The number of hydrogen-bond acceptors (Lipinski definition) is 5. The molecule has 270 valence electrons. The van der Waals surface area contributed by atoms with E-state index in [1.54, 1.807) is 11.8 Å². The largest absolute Gasteiger partial charge is 0.453 e. The van der Waals surface area contributed by atoms with E-state index in [-0.39, 0.29) is 0 Å². The van der Waals surface area contributed by atoms with Crippen LogP contribution < -0.4 is 14.5 Å². The minimum Gasteiger partial charge on any atom is -0.453 e. The van der Waals surface area contributed by atoms with Crippen molar-refractivity contribution in [3.05, 3.63) is 206 Å². The van der Waals surface area contributed by atoms with Gasteiger partial charge in [0.25, 0.3) is 0 Å². The first kappa shape index (κ1) is 33.5. The molecule has 0 unspecified atom stereocenters. The number of benzene rings is 9. The third kappa shape index (κ3) is 6.09. The Morgan fingerprint density at radius 3 is 1.63 bits per heavy atom. The second-order valence-electron chi connectivity index (χ2n) is 14.2. The average molecular weight is 767 g/mol. The molecule has 2 heterocycles. The Balaban J connectivity index is 1.05. The van der Waals surface area contributed by atoms with Crippen molar-refractivity contribution in [3.63, 3.8) is 0 Å². The molecule has 0 N–H and O–H groups in total. The lowest BCUT2D eigenvalue weighted by Gasteiger charge is -2.31. The average Bonchev–Trinajstić information content (AvgIpc) is 3.64. The van der Waals surface area contributed by atoms with Crippen molar-refractivity contribution in [3.8, 4) is 22.6 Å². The Bertz CT molecular complexity index is 3030. The number of anilines is 6. The Morgan fingerprint density at radius 1 is 0.368 bits per heavy atom. The van der Waals surface area contributed by atoms with Crippen LogP contribution in [0.2, 0.25) is 0 Å². The first-order chi connectivity index (χ1) is 28.2. The van der Waals surface area contributed by atoms with Gasteiger partial charge < -0.3 is 14.5 Å². The minimum atomic E-state index is 0.850. The molecule has 0 spiro atoms. The molecule has 1 aliphatic rings. The van der Waals surface area contributed by atoms with Crippen molar-refractivity contribution in [2.75, 3.05) is 9.80 Å². The van der Waals surface area contributed by atoms with E-state index in [0.29, 0.717) is 0 Å². The molecule has 0 bridgehead atoms. The number of fused-ring (bicyclic) bond motifs is 6. The quantitative estimate of drug-likeness (QED) is 0.160. The summed E-state index contributed by atoms with van der Waals surface area (Å²) in [7, 11) is 0. The topological polar surface area (TPSA) is 15.7 Å². The molecular formula is C52H34N2OS2. The predicted octanol–water partition coefficient (Wildman–Crippen LogP) is 16.1. The number of thiophene rings is 1. The maximum Gasteiger partial charge on any atom is 0.165 e. The van der Waals surface area contributed by atoms with Crippen molar-refractivity contribution in [2.45, 2.75) is 9.79 Å². The second-order valence-corrected chi connectivity index (χ2v) is 16.3. The summed E-state index contributed by atoms with van der Waals surface area (Å²) < 4.78 is 9.55. The van der Waals surface area contributed by atoms with E-state index in [1.165, 1.54) is 25.6 Å². The number of hydrogen-bond donors (Lipinski definition) is 0. The summed E-state index contributed by atoms with van der Waals surface area (Å²) in [5, 5.41) is 4.97. The third-order valence-corrected chi connectivity index (χ3v) is 12.8. The molecule has 0 aliphatic carbocycles. The van der Waals surface area contributed by atoms with Gasteiger partial charge in [0, 0.05) is 48.6 Å². The number of nitrogens with zero attached hydrogens (tertiary/aromatic N) is 2. The van der Waals surface area contributed by atoms with Crippen LogP contribution in [0.3, 0.4) is 0 Å². The number of rotatable bonds is 7. The van der Waals surface area contributed by atoms with Crippen molar-refractivity contribution < 1.29 is 4.74 Å². The zero-order valence-electron chi connectivity index (χ0n) is 30.7. The van der Waals surface area contributed by atoms with Gasteiger partial charge in [-0.3, -0.25) is 0 Å². The molecule has 0 amide bonds. The van der Waals surface area contributed by atoms with Gasteiger partial charge in [0.15, 0.2) is 5.75 Å². The van der Waals surface area contributed by atoms with E-state index >= 15 is 0 Å². The Morgan fingerprint density at radius 2 is 0.930 bits per heavy atom. The van der Waals surface area contributed by atoms with E-state index in [4.69, 9.17) is 4.74 Å². The van der Waals surface area contributed by atoms with Crippen LogP contribution in [0.15, 0.2) is 216 Å². The lowest BCUT2D eigenvalue weighted by Crippen LogP contribution is -2.12. The van der Waals surface area contributed by atoms with E-state index in [0.717, 1.165) is 71.9 Å². The van der Waals surface area contributed by atoms with E-state index < -0.39 is 0 Å². The van der Waals surface area contributed by atoms with E-state index in [1.807, 2.05) is 11.3 Å². The normalized spacial score (nSPS) is 11.9. The molecule has 9 aromatic carbocycles. The van der Waals surface area contributed by atoms with Crippen molar-refractivity contribution in [1.82, 2.24) is 0 Å². The zero-order chi connectivity index (χ0) is 37.7. The highest BCUT2D eigenvalue weighted by Crippen LogP contribution is 2.55. The molecule has 5 heteroatoms. The van der Waals surface area contributed by atoms with E-state index in [9.17, 15) is 0 Å². The van der Waals surface area contributed by atoms with Gasteiger partial charge in [-0.2, -0.15) is 0 Å². The molecular weight excluding hydrogens is 733 g/mol. The molecule has 1 aromatic heterocycles. The molecule has 3 nitrogen and oxygen atoms in total. The van der Waals surface area contributed by atoms with Gasteiger partial charge in [-0.05, 0) is 113 Å². The smallest absolute Gasteiger partial charge is 0.165 e. The zero-order valence-corrected chi connectivity index (χ0v) is 32.4. The number of para-hydroxylation sites is 3. The van der Waals surface area contributed by atoms with Gasteiger partial charge in [0.1, 0.15) is 5.75 Å². The van der Waals surface area contributed by atoms with Crippen molar-refractivity contribution >= 4 is 88.2 Å². The summed E-state index contributed by atoms with van der Waals surface area (Å²) in [6.45, 7) is 0. The Kier molecular flexibility index (Phi) is 8.27. The second kappa shape index (κ2) is 14.1. The summed E-state index contributed by atoms with van der Waals surface area (Å²) in [5.41, 5.74) is 8.69. The monoisotopic (exact) mass is 766 g/mol. The van der Waals surface area contributed by atoms with Crippen LogP contribution >= 0.6 is 23.1 Å². The predicted molar refractivity (Wildman–Crippen MR) is 242 cm³/mol. The standard InChI is InChI=1S/C52H34N2OS2/c1-4-16-39(17-5-1)53(43-28-29-45-44-22-12-13-23-48(44)56-49(45)34-43)42-26-24-35(25-27-42)38-30-46(54(40-18-6-2-7-19-40)41-20-8-3-9-21-41)52-51(33-38)57-50-32-37-15-11-10-14-36(37)31-47(50)55-52/h1-34H.